The third kappa shape index (κ3) is 4.95. The Balaban J connectivity index is 1.79. The van der Waals surface area contributed by atoms with E-state index in [1.165, 1.54) is 11.6 Å². The smallest absolute Gasteiger partial charge is 0.266 e. The normalized spacial score (nSPS) is 11.5. The molecule has 21 heavy (non-hydrogen) atoms. The highest BCUT2D eigenvalue weighted by Gasteiger charge is 2.17. The molecule has 0 saturated carbocycles. The zero-order chi connectivity index (χ0) is 15.1. The van der Waals surface area contributed by atoms with E-state index < -0.39 is 10.1 Å². The summed E-state index contributed by atoms with van der Waals surface area (Å²) in [7, 11) is -3.68. The van der Waals surface area contributed by atoms with Gasteiger partial charge < -0.3 is 0 Å². The molecular formula is C16H17BrO3S. The van der Waals surface area contributed by atoms with Gasteiger partial charge in [-0.3, -0.25) is 4.18 Å². The molecule has 0 aliphatic carbocycles. The molecule has 0 N–H and O–H groups in total. The van der Waals surface area contributed by atoms with Crippen LogP contribution in [0.3, 0.4) is 0 Å². The van der Waals surface area contributed by atoms with Crippen LogP contribution in [0.25, 0.3) is 0 Å². The number of rotatable bonds is 7. The quantitative estimate of drug-likeness (QED) is 0.543. The fraction of sp³-hybridized carbons (Fsp3) is 0.250. The Labute approximate surface area is 134 Å². The van der Waals surface area contributed by atoms with Crippen molar-refractivity contribution in [2.45, 2.75) is 24.2 Å². The molecule has 2 aromatic rings. The van der Waals surface area contributed by atoms with Crippen LogP contribution in [-0.4, -0.2) is 15.0 Å². The zero-order valence-electron chi connectivity index (χ0n) is 11.5. The molecule has 0 atom stereocenters. The van der Waals surface area contributed by atoms with Crippen molar-refractivity contribution < 1.29 is 12.6 Å². The van der Waals surface area contributed by atoms with Crippen LogP contribution >= 0.6 is 15.9 Å². The van der Waals surface area contributed by atoms with Gasteiger partial charge in [-0.25, -0.2) is 0 Å². The molecule has 2 rings (SSSR count). The Bertz CT molecular complexity index is 669. The number of aryl methyl sites for hydroxylation is 1. The van der Waals surface area contributed by atoms with Gasteiger partial charge in [0.2, 0.25) is 0 Å². The Morgan fingerprint density at radius 1 is 0.905 bits per heavy atom. The van der Waals surface area contributed by atoms with Gasteiger partial charge in [0.15, 0.2) is 0 Å². The van der Waals surface area contributed by atoms with Crippen LogP contribution < -0.4 is 0 Å². The first kappa shape index (κ1) is 16.2. The average molecular weight is 369 g/mol. The van der Waals surface area contributed by atoms with Crippen LogP contribution in [0.4, 0.5) is 0 Å². The molecule has 0 heterocycles. The number of halogens is 1. The first-order valence-corrected chi connectivity index (χ1v) is 8.97. The topological polar surface area (TPSA) is 43.4 Å². The second-order valence-electron chi connectivity index (χ2n) is 4.65. The van der Waals surface area contributed by atoms with Crippen molar-refractivity contribution in [1.29, 1.82) is 0 Å². The summed E-state index contributed by atoms with van der Waals surface area (Å²) < 4.78 is 29.7. The highest BCUT2D eigenvalue weighted by atomic mass is 79.9. The van der Waals surface area contributed by atoms with Gasteiger partial charge in [0.25, 0.3) is 10.1 Å². The van der Waals surface area contributed by atoms with E-state index in [1.807, 2.05) is 18.2 Å². The third-order valence-corrected chi connectivity index (χ3v) is 5.37. The molecule has 3 nitrogen and oxygen atoms in total. The third-order valence-electron chi connectivity index (χ3n) is 3.05. The summed E-state index contributed by atoms with van der Waals surface area (Å²) in [5.74, 6) is 0. The Kier molecular flexibility index (Phi) is 5.96. The van der Waals surface area contributed by atoms with E-state index in [4.69, 9.17) is 4.18 Å². The Morgan fingerprint density at radius 2 is 1.57 bits per heavy atom. The fourth-order valence-corrected chi connectivity index (χ4v) is 3.85. The predicted octanol–water partition coefficient (Wildman–Crippen LogP) is 4.18. The molecule has 0 spiro atoms. The Hall–Kier alpha value is -1.17. The van der Waals surface area contributed by atoms with Gasteiger partial charge in [-0.05, 0) is 52.9 Å². The largest absolute Gasteiger partial charge is 0.298 e. The van der Waals surface area contributed by atoms with Gasteiger partial charge >= 0.3 is 0 Å². The number of unbranched alkanes of at least 4 members (excludes halogenated alkanes) is 1. The van der Waals surface area contributed by atoms with Gasteiger partial charge in [-0.1, -0.05) is 42.5 Å². The SMILES string of the molecule is O=S(=O)(OCCCCc1ccccc1)c1ccccc1Br. The zero-order valence-corrected chi connectivity index (χ0v) is 13.9. The first-order chi connectivity index (χ1) is 10.1. The summed E-state index contributed by atoms with van der Waals surface area (Å²) in [5.41, 5.74) is 1.26. The molecule has 0 aromatic heterocycles. The molecule has 112 valence electrons. The number of hydrogen-bond acceptors (Lipinski definition) is 3. The first-order valence-electron chi connectivity index (χ1n) is 6.77. The molecule has 0 aliphatic rings. The van der Waals surface area contributed by atoms with Crippen molar-refractivity contribution in [2.24, 2.45) is 0 Å². The van der Waals surface area contributed by atoms with E-state index in [0.29, 0.717) is 10.9 Å². The van der Waals surface area contributed by atoms with Gasteiger partial charge in [-0.2, -0.15) is 8.42 Å². The minimum absolute atomic E-state index is 0.174. The molecule has 5 heteroatoms. The van der Waals surface area contributed by atoms with E-state index in [1.54, 1.807) is 18.2 Å². The lowest BCUT2D eigenvalue weighted by molar-refractivity contribution is 0.308. The van der Waals surface area contributed by atoms with E-state index in [-0.39, 0.29) is 11.5 Å². The van der Waals surface area contributed by atoms with Crippen LogP contribution in [0.15, 0.2) is 64.0 Å². The molecule has 0 unspecified atom stereocenters. The molecular weight excluding hydrogens is 352 g/mol. The summed E-state index contributed by atoms with van der Waals surface area (Å²) in [4.78, 5) is 0.174. The average Bonchev–Trinajstić information content (AvgIpc) is 2.48. The van der Waals surface area contributed by atoms with Gasteiger partial charge in [0.05, 0.1) is 6.61 Å². The van der Waals surface area contributed by atoms with Crippen LogP contribution in [0.2, 0.25) is 0 Å². The van der Waals surface area contributed by atoms with Gasteiger partial charge in [0, 0.05) is 4.47 Å². The van der Waals surface area contributed by atoms with E-state index in [2.05, 4.69) is 28.1 Å². The number of benzene rings is 2. The summed E-state index contributed by atoms with van der Waals surface area (Å²) >= 11 is 3.23. The fourth-order valence-electron chi connectivity index (χ4n) is 1.96. The predicted molar refractivity (Wildman–Crippen MR) is 86.7 cm³/mol. The van der Waals surface area contributed by atoms with E-state index in [0.717, 1.165) is 12.8 Å². The second-order valence-corrected chi connectivity index (χ2v) is 7.09. The molecule has 0 fully saturated rings. The summed E-state index contributed by atoms with van der Waals surface area (Å²) in [6.07, 6.45) is 2.54. The Morgan fingerprint density at radius 3 is 2.29 bits per heavy atom. The van der Waals surface area contributed by atoms with Crippen molar-refractivity contribution in [2.75, 3.05) is 6.61 Å². The van der Waals surface area contributed by atoms with Crippen LogP contribution in [0.5, 0.6) is 0 Å². The second kappa shape index (κ2) is 7.73. The van der Waals surface area contributed by atoms with Gasteiger partial charge in [-0.15, -0.1) is 0 Å². The summed E-state index contributed by atoms with van der Waals surface area (Å²) in [6.45, 7) is 0.205. The molecule has 2 aromatic carbocycles. The van der Waals surface area contributed by atoms with Crippen molar-refractivity contribution in [3.05, 3.63) is 64.6 Å². The maximum Gasteiger partial charge on any atom is 0.298 e. The lowest BCUT2D eigenvalue weighted by atomic mass is 10.1. The molecule has 0 aliphatic heterocycles. The standard InChI is InChI=1S/C16H17BrO3S/c17-15-11-4-5-12-16(15)21(18,19)20-13-7-6-10-14-8-2-1-3-9-14/h1-5,8-9,11-12H,6-7,10,13H2. The lowest BCUT2D eigenvalue weighted by Crippen LogP contribution is -2.08. The van der Waals surface area contributed by atoms with E-state index >= 15 is 0 Å². The van der Waals surface area contributed by atoms with Crippen molar-refractivity contribution in [3.8, 4) is 0 Å². The highest BCUT2D eigenvalue weighted by Crippen LogP contribution is 2.23. The van der Waals surface area contributed by atoms with Crippen LogP contribution in [0.1, 0.15) is 18.4 Å². The van der Waals surface area contributed by atoms with Crippen LogP contribution in [0, 0.1) is 0 Å². The van der Waals surface area contributed by atoms with Crippen LogP contribution in [-0.2, 0) is 20.7 Å². The molecule has 0 bridgehead atoms. The van der Waals surface area contributed by atoms with Crippen molar-refractivity contribution >= 4 is 26.0 Å². The molecule has 0 radical (unpaired) electrons. The van der Waals surface area contributed by atoms with Gasteiger partial charge in [0.1, 0.15) is 4.90 Å². The highest BCUT2D eigenvalue weighted by molar-refractivity contribution is 9.10. The lowest BCUT2D eigenvalue weighted by Gasteiger charge is -2.07. The molecule has 0 amide bonds. The minimum Gasteiger partial charge on any atom is -0.266 e. The summed E-state index contributed by atoms with van der Waals surface area (Å²) in [6, 6.07) is 16.8. The van der Waals surface area contributed by atoms with E-state index in [9.17, 15) is 8.42 Å². The maximum absolute atomic E-state index is 12.0. The number of hydrogen-bond donors (Lipinski definition) is 0. The summed E-state index contributed by atoms with van der Waals surface area (Å²) in [5, 5.41) is 0. The van der Waals surface area contributed by atoms with Crippen molar-refractivity contribution in [1.82, 2.24) is 0 Å². The molecule has 0 saturated heterocycles. The monoisotopic (exact) mass is 368 g/mol. The van der Waals surface area contributed by atoms with Crippen molar-refractivity contribution in [3.63, 3.8) is 0 Å². The maximum atomic E-state index is 12.0. The minimum atomic E-state index is -3.68.